The van der Waals surface area contributed by atoms with Crippen molar-refractivity contribution in [3.8, 4) is 6.01 Å². The van der Waals surface area contributed by atoms with Gasteiger partial charge in [-0.25, -0.2) is 14.5 Å². The monoisotopic (exact) mass is 131 g/mol. The van der Waals surface area contributed by atoms with E-state index >= 15 is 0 Å². The molecule has 0 spiro atoms. The molecule has 0 radical (unpaired) electrons. The summed E-state index contributed by atoms with van der Waals surface area (Å²) in [6.45, 7) is 0. The van der Waals surface area contributed by atoms with Gasteiger partial charge >= 0.3 is 14.7 Å². The number of hydrogen-bond donors (Lipinski definition) is 1. The molecule has 5 heteroatoms. The molecule has 0 amide bonds. The molecule has 0 aliphatic heterocycles. The van der Waals surface area contributed by atoms with Gasteiger partial charge in [-0.1, -0.05) is 0 Å². The molecule has 0 aliphatic rings. The highest BCUT2D eigenvalue weighted by Gasteiger charge is 1.98. The van der Waals surface area contributed by atoms with Gasteiger partial charge in [0.25, 0.3) is 0 Å². The van der Waals surface area contributed by atoms with E-state index in [0.29, 0.717) is 6.01 Å². The SMILES string of the molecule is O=POc1[nH]cc[nH+]1. The van der Waals surface area contributed by atoms with E-state index in [-0.39, 0.29) is 8.69 Å². The quantitative estimate of drug-likeness (QED) is 0.591. The van der Waals surface area contributed by atoms with Gasteiger partial charge in [0.2, 0.25) is 0 Å². The summed E-state index contributed by atoms with van der Waals surface area (Å²) in [6.07, 6.45) is 3.28. The number of H-pyrrole nitrogens is 2. The van der Waals surface area contributed by atoms with Crippen LogP contribution >= 0.6 is 8.69 Å². The van der Waals surface area contributed by atoms with E-state index in [9.17, 15) is 4.57 Å². The zero-order valence-corrected chi connectivity index (χ0v) is 4.81. The van der Waals surface area contributed by atoms with Crippen molar-refractivity contribution in [2.24, 2.45) is 0 Å². The zero-order chi connectivity index (χ0) is 5.82. The van der Waals surface area contributed by atoms with Crippen molar-refractivity contribution in [1.29, 1.82) is 0 Å². The molecule has 1 rings (SSSR count). The van der Waals surface area contributed by atoms with Gasteiger partial charge in [-0.15, -0.1) is 0 Å². The van der Waals surface area contributed by atoms with Gasteiger partial charge in [-0.3, -0.25) is 0 Å². The van der Waals surface area contributed by atoms with Gasteiger partial charge in [-0.2, -0.15) is 0 Å². The molecule has 1 heterocycles. The molecule has 0 fully saturated rings. The molecule has 42 valence electrons. The lowest BCUT2D eigenvalue weighted by molar-refractivity contribution is -0.385. The Bertz CT molecular complexity index is 162. The van der Waals surface area contributed by atoms with E-state index in [1.807, 2.05) is 0 Å². The number of aromatic amines is 2. The van der Waals surface area contributed by atoms with E-state index in [1.54, 1.807) is 12.4 Å². The predicted molar refractivity (Wildman–Crippen MR) is 25.6 cm³/mol. The molecule has 0 aromatic carbocycles. The summed E-state index contributed by atoms with van der Waals surface area (Å²) >= 11 is 0. The van der Waals surface area contributed by atoms with Crippen molar-refractivity contribution in [3.05, 3.63) is 12.4 Å². The van der Waals surface area contributed by atoms with Gasteiger partial charge in [-0.05, 0) is 0 Å². The third kappa shape index (κ3) is 1.04. The van der Waals surface area contributed by atoms with E-state index in [0.717, 1.165) is 0 Å². The molecule has 0 unspecified atom stereocenters. The fourth-order valence-electron chi connectivity index (χ4n) is 0.366. The molecule has 0 saturated carbocycles. The van der Waals surface area contributed by atoms with Gasteiger partial charge in [0, 0.05) is 0 Å². The number of nitrogens with one attached hydrogen (secondary N) is 2. The van der Waals surface area contributed by atoms with Gasteiger partial charge < -0.3 is 4.52 Å². The second kappa shape index (κ2) is 2.43. The first-order valence-corrected chi connectivity index (χ1v) is 2.71. The van der Waals surface area contributed by atoms with Crippen molar-refractivity contribution in [2.45, 2.75) is 0 Å². The third-order valence-electron chi connectivity index (χ3n) is 0.641. The largest absolute Gasteiger partial charge is 0.462 e. The third-order valence-corrected chi connectivity index (χ3v) is 0.898. The molecule has 1 aromatic rings. The highest BCUT2D eigenvalue weighted by Crippen LogP contribution is 1.99. The van der Waals surface area contributed by atoms with Gasteiger partial charge in [0.05, 0.1) is 0 Å². The standard InChI is InChI=1S/C3H3N2O2P/c6-8-7-3-4-1-2-5-3/h1-2H,(H,4,5)/p+1. The normalized spacial score (nSPS) is 9.50. The minimum atomic E-state index is -0.357. The first kappa shape index (κ1) is 5.25. The van der Waals surface area contributed by atoms with Crippen LogP contribution < -0.4 is 9.51 Å². The summed E-state index contributed by atoms with van der Waals surface area (Å²) in [4.78, 5) is 5.31. The maximum absolute atomic E-state index is 9.71. The summed E-state index contributed by atoms with van der Waals surface area (Å²) in [6, 6.07) is 0.390. The second-order valence-corrected chi connectivity index (χ2v) is 1.45. The summed E-state index contributed by atoms with van der Waals surface area (Å²) < 4.78 is 14.2. The number of hydrogen-bond acceptors (Lipinski definition) is 2. The van der Waals surface area contributed by atoms with Gasteiger partial charge in [0.1, 0.15) is 12.4 Å². The fourth-order valence-corrected chi connectivity index (χ4v) is 0.546. The molecular formula is C3H4N2O2P+. The molecule has 0 aliphatic carbocycles. The predicted octanol–water partition coefficient (Wildman–Crippen LogP) is 0.414. The first-order valence-electron chi connectivity index (χ1n) is 1.98. The Morgan fingerprint density at radius 1 is 1.88 bits per heavy atom. The zero-order valence-electron chi connectivity index (χ0n) is 3.92. The topological polar surface area (TPSA) is 56.2 Å². The van der Waals surface area contributed by atoms with Crippen LogP contribution in [0.4, 0.5) is 0 Å². The minimum Gasteiger partial charge on any atom is -0.336 e. The Labute approximate surface area is 47.2 Å². The second-order valence-electron chi connectivity index (χ2n) is 1.12. The average Bonchev–Trinajstić information content (AvgIpc) is 2.19. The molecule has 0 saturated heterocycles. The lowest BCUT2D eigenvalue weighted by Crippen LogP contribution is -1.97. The smallest absolute Gasteiger partial charge is 0.336 e. The van der Waals surface area contributed by atoms with Crippen molar-refractivity contribution in [3.63, 3.8) is 0 Å². The van der Waals surface area contributed by atoms with Crippen LogP contribution in [0.3, 0.4) is 0 Å². The fraction of sp³-hybridized carbons (Fsp3) is 0. The van der Waals surface area contributed by atoms with Crippen LogP contribution in [0, 0.1) is 0 Å². The Hall–Kier alpha value is -0.890. The van der Waals surface area contributed by atoms with Gasteiger partial charge in [0.15, 0.2) is 0 Å². The highest BCUT2D eigenvalue weighted by atomic mass is 31.1. The minimum absolute atomic E-state index is 0.357. The Morgan fingerprint density at radius 2 is 2.75 bits per heavy atom. The van der Waals surface area contributed by atoms with Crippen molar-refractivity contribution < 1.29 is 14.1 Å². The lowest BCUT2D eigenvalue weighted by atomic mass is 11.0. The molecular weight excluding hydrogens is 127 g/mol. The first-order chi connectivity index (χ1) is 3.93. The Morgan fingerprint density at radius 3 is 3.25 bits per heavy atom. The van der Waals surface area contributed by atoms with E-state index in [1.165, 1.54) is 0 Å². The summed E-state index contributed by atoms with van der Waals surface area (Å²) in [5, 5.41) is 0. The van der Waals surface area contributed by atoms with E-state index in [2.05, 4.69) is 14.5 Å². The summed E-state index contributed by atoms with van der Waals surface area (Å²) in [7, 11) is -0.357. The molecule has 2 N–H and O–H groups in total. The van der Waals surface area contributed by atoms with Crippen molar-refractivity contribution >= 4 is 8.69 Å². The van der Waals surface area contributed by atoms with E-state index in [4.69, 9.17) is 0 Å². The Kier molecular flexibility index (Phi) is 1.59. The van der Waals surface area contributed by atoms with Crippen molar-refractivity contribution in [2.75, 3.05) is 0 Å². The van der Waals surface area contributed by atoms with Crippen LogP contribution in [0.1, 0.15) is 0 Å². The van der Waals surface area contributed by atoms with Crippen LogP contribution in [0.5, 0.6) is 6.01 Å². The molecule has 8 heavy (non-hydrogen) atoms. The van der Waals surface area contributed by atoms with Crippen LogP contribution in [0.15, 0.2) is 12.4 Å². The van der Waals surface area contributed by atoms with Crippen LogP contribution in [-0.4, -0.2) is 4.98 Å². The van der Waals surface area contributed by atoms with Crippen molar-refractivity contribution in [1.82, 2.24) is 4.98 Å². The lowest BCUT2D eigenvalue weighted by Gasteiger charge is -1.74. The average molecular weight is 131 g/mol. The summed E-state index contributed by atoms with van der Waals surface area (Å²) in [5.74, 6) is 0. The highest BCUT2D eigenvalue weighted by molar-refractivity contribution is 7.17. The maximum Gasteiger partial charge on any atom is 0.462 e. The number of aromatic nitrogens is 2. The Balaban J connectivity index is 2.62. The molecule has 0 bridgehead atoms. The molecule has 4 nitrogen and oxygen atoms in total. The number of imidazole rings is 1. The van der Waals surface area contributed by atoms with Crippen LogP contribution in [-0.2, 0) is 4.57 Å². The van der Waals surface area contributed by atoms with Crippen LogP contribution in [0.2, 0.25) is 0 Å². The maximum atomic E-state index is 9.71. The summed E-state index contributed by atoms with van der Waals surface area (Å²) in [5.41, 5.74) is 0. The van der Waals surface area contributed by atoms with Crippen LogP contribution in [0.25, 0.3) is 0 Å². The molecule has 1 aromatic heterocycles. The number of rotatable bonds is 2. The molecule has 0 atom stereocenters. The van der Waals surface area contributed by atoms with E-state index < -0.39 is 0 Å².